The molecule has 2 saturated carbocycles. The van der Waals surface area contributed by atoms with E-state index in [2.05, 4.69) is 56.3 Å². The van der Waals surface area contributed by atoms with E-state index < -0.39 is 0 Å². The Morgan fingerprint density at radius 3 is 2.63 bits per heavy atom. The molecule has 1 N–H and O–H groups in total. The van der Waals surface area contributed by atoms with E-state index in [1.807, 2.05) is 12.1 Å². The third kappa shape index (κ3) is 3.85. The van der Waals surface area contributed by atoms with E-state index in [-0.39, 0.29) is 11.0 Å². The predicted molar refractivity (Wildman–Crippen MR) is 142 cm³/mol. The summed E-state index contributed by atoms with van der Waals surface area (Å²) >= 11 is 0. The normalized spacial score (nSPS) is 35.8. The van der Waals surface area contributed by atoms with Gasteiger partial charge in [-0.1, -0.05) is 37.3 Å². The number of aromatic hydroxyl groups is 1. The lowest BCUT2D eigenvalue weighted by Crippen LogP contribution is -2.52. The molecule has 188 valence electrons. The largest absolute Gasteiger partial charge is 0.508 e. The molecule has 0 bridgehead atoms. The molecule has 0 unspecified atom stereocenters. The van der Waals surface area contributed by atoms with Gasteiger partial charge in [-0.3, -0.25) is 0 Å². The van der Waals surface area contributed by atoms with Gasteiger partial charge in [0.25, 0.3) is 0 Å². The number of hydrogen-bond acceptors (Lipinski definition) is 3. The van der Waals surface area contributed by atoms with Crippen molar-refractivity contribution in [2.45, 2.75) is 82.1 Å². The van der Waals surface area contributed by atoms with Crippen LogP contribution in [0.4, 0.5) is 0 Å². The maximum Gasteiger partial charge on any atom is 0.115 e. The van der Waals surface area contributed by atoms with Crippen LogP contribution in [0.3, 0.4) is 0 Å². The van der Waals surface area contributed by atoms with Crippen molar-refractivity contribution in [2.24, 2.45) is 17.3 Å². The molecule has 0 aromatic heterocycles. The summed E-state index contributed by atoms with van der Waals surface area (Å²) in [6, 6.07) is 15.9. The SMILES string of the molecule is CN(C)CCCc1ccc([C@H]2C[C@@]3(C)[C@@H](CC[C@@]34CCCO4)[C@@H]3CCc4cc(O)ccc4[C@H]32)cc1. The molecule has 1 saturated heterocycles. The van der Waals surface area contributed by atoms with Gasteiger partial charge in [0, 0.05) is 12.0 Å². The van der Waals surface area contributed by atoms with Crippen LogP contribution in [-0.4, -0.2) is 42.9 Å². The van der Waals surface area contributed by atoms with Gasteiger partial charge in [0.1, 0.15) is 5.75 Å². The molecule has 6 rings (SSSR count). The minimum absolute atomic E-state index is 0.0994. The molecule has 4 aliphatic rings. The average Bonchev–Trinajstić information content (AvgIpc) is 3.44. The fraction of sp³-hybridized carbons (Fsp3) is 0.625. The monoisotopic (exact) mass is 473 g/mol. The highest BCUT2D eigenvalue weighted by Gasteiger charge is 2.65. The lowest BCUT2D eigenvalue weighted by atomic mass is 9.49. The molecule has 3 nitrogen and oxygen atoms in total. The van der Waals surface area contributed by atoms with Gasteiger partial charge < -0.3 is 14.7 Å². The summed E-state index contributed by atoms with van der Waals surface area (Å²) in [7, 11) is 4.31. The number of rotatable bonds is 5. The summed E-state index contributed by atoms with van der Waals surface area (Å²) in [6.07, 6.45) is 11.0. The molecule has 0 amide bonds. The molecular weight excluding hydrogens is 430 g/mol. The topological polar surface area (TPSA) is 32.7 Å². The van der Waals surface area contributed by atoms with Crippen LogP contribution in [0.15, 0.2) is 42.5 Å². The fourth-order valence-corrected chi connectivity index (χ4v) is 8.97. The van der Waals surface area contributed by atoms with E-state index in [0.717, 1.165) is 31.9 Å². The second-order valence-corrected chi connectivity index (χ2v) is 12.6. The lowest BCUT2D eigenvalue weighted by Gasteiger charge is -2.57. The number of benzene rings is 2. The summed E-state index contributed by atoms with van der Waals surface area (Å²) < 4.78 is 6.67. The quantitative estimate of drug-likeness (QED) is 0.525. The van der Waals surface area contributed by atoms with Crippen molar-refractivity contribution in [3.05, 3.63) is 64.7 Å². The van der Waals surface area contributed by atoms with E-state index in [1.54, 1.807) is 0 Å². The van der Waals surface area contributed by atoms with Gasteiger partial charge in [-0.15, -0.1) is 0 Å². The van der Waals surface area contributed by atoms with Gasteiger partial charge in [-0.25, -0.2) is 0 Å². The van der Waals surface area contributed by atoms with Crippen LogP contribution >= 0.6 is 0 Å². The molecule has 1 aliphatic heterocycles. The fourth-order valence-electron chi connectivity index (χ4n) is 8.97. The Balaban J connectivity index is 1.37. The molecule has 1 heterocycles. The van der Waals surface area contributed by atoms with Gasteiger partial charge in [-0.2, -0.15) is 0 Å². The summed E-state index contributed by atoms with van der Waals surface area (Å²) in [6.45, 7) is 4.69. The lowest BCUT2D eigenvalue weighted by molar-refractivity contribution is -0.119. The van der Waals surface area contributed by atoms with E-state index >= 15 is 0 Å². The molecule has 3 aliphatic carbocycles. The Labute approximate surface area is 211 Å². The van der Waals surface area contributed by atoms with Gasteiger partial charge in [-0.05, 0) is 136 Å². The highest BCUT2D eigenvalue weighted by Crippen LogP contribution is 2.70. The third-order valence-corrected chi connectivity index (χ3v) is 10.6. The van der Waals surface area contributed by atoms with Crippen LogP contribution in [0.25, 0.3) is 0 Å². The minimum atomic E-state index is 0.0994. The van der Waals surface area contributed by atoms with Gasteiger partial charge in [0.05, 0.1) is 5.60 Å². The minimum Gasteiger partial charge on any atom is -0.508 e. The molecule has 3 fully saturated rings. The standard InChI is InChI=1S/C32H43NO2/c1-31-21-28(23-9-7-22(8-10-23)6-4-18-33(2)3)30-26-14-12-25(34)20-24(26)11-13-27(30)29(31)15-17-32(31)16-5-19-35-32/h7-10,12,14,20,27-30,34H,4-6,11,13,15-19,21H2,1-3H3/t27-,28+,29-,30+,31-,32-/m0/s1. The molecule has 2 aromatic rings. The van der Waals surface area contributed by atoms with Crippen molar-refractivity contribution in [3.63, 3.8) is 0 Å². The van der Waals surface area contributed by atoms with Crippen molar-refractivity contribution in [3.8, 4) is 5.75 Å². The van der Waals surface area contributed by atoms with E-state index in [1.165, 1.54) is 67.2 Å². The first-order valence-electron chi connectivity index (χ1n) is 14.1. The maximum absolute atomic E-state index is 10.2. The number of nitrogens with zero attached hydrogens (tertiary/aromatic N) is 1. The second-order valence-electron chi connectivity index (χ2n) is 12.6. The van der Waals surface area contributed by atoms with Gasteiger partial charge >= 0.3 is 0 Å². The van der Waals surface area contributed by atoms with Crippen molar-refractivity contribution < 1.29 is 9.84 Å². The number of phenols is 1. The van der Waals surface area contributed by atoms with Crippen molar-refractivity contribution in [1.82, 2.24) is 4.90 Å². The number of ether oxygens (including phenoxy) is 1. The maximum atomic E-state index is 10.2. The second kappa shape index (κ2) is 8.92. The predicted octanol–water partition coefficient (Wildman–Crippen LogP) is 6.69. The highest BCUT2D eigenvalue weighted by atomic mass is 16.5. The van der Waals surface area contributed by atoms with Crippen molar-refractivity contribution >= 4 is 0 Å². The number of hydrogen-bond donors (Lipinski definition) is 1. The first-order chi connectivity index (χ1) is 16.9. The first-order valence-corrected chi connectivity index (χ1v) is 14.1. The summed E-state index contributed by atoms with van der Waals surface area (Å²) in [4.78, 5) is 2.27. The van der Waals surface area contributed by atoms with E-state index in [4.69, 9.17) is 4.74 Å². The van der Waals surface area contributed by atoms with Crippen LogP contribution in [0.5, 0.6) is 5.75 Å². The molecule has 0 radical (unpaired) electrons. The molecule has 1 spiro atoms. The molecule has 6 atom stereocenters. The molecular formula is C32H43NO2. The number of phenolic OH excluding ortho intramolecular Hbond substituents is 1. The summed E-state index contributed by atoms with van der Waals surface area (Å²) in [5.41, 5.74) is 6.21. The highest BCUT2D eigenvalue weighted by molar-refractivity contribution is 5.44. The van der Waals surface area contributed by atoms with Crippen LogP contribution < -0.4 is 0 Å². The van der Waals surface area contributed by atoms with E-state index in [0.29, 0.717) is 23.5 Å². The van der Waals surface area contributed by atoms with Crippen LogP contribution in [0.2, 0.25) is 0 Å². The Morgan fingerprint density at radius 2 is 1.89 bits per heavy atom. The van der Waals surface area contributed by atoms with Crippen LogP contribution in [0.1, 0.15) is 86.0 Å². The first kappa shape index (κ1) is 23.6. The Kier molecular flexibility index (Phi) is 6.00. The zero-order chi connectivity index (χ0) is 24.2. The number of aryl methyl sites for hydroxylation is 2. The Morgan fingerprint density at radius 1 is 1.06 bits per heavy atom. The van der Waals surface area contributed by atoms with Gasteiger partial charge in [0.2, 0.25) is 0 Å². The van der Waals surface area contributed by atoms with E-state index in [9.17, 15) is 5.11 Å². The Bertz CT molecular complexity index is 1050. The van der Waals surface area contributed by atoms with Crippen LogP contribution in [0, 0.1) is 17.3 Å². The zero-order valence-corrected chi connectivity index (χ0v) is 21.9. The van der Waals surface area contributed by atoms with Crippen LogP contribution in [-0.2, 0) is 17.6 Å². The number of fused-ring (bicyclic) bond motifs is 6. The van der Waals surface area contributed by atoms with Crippen molar-refractivity contribution in [2.75, 3.05) is 27.2 Å². The van der Waals surface area contributed by atoms with Gasteiger partial charge in [0.15, 0.2) is 0 Å². The molecule has 35 heavy (non-hydrogen) atoms. The van der Waals surface area contributed by atoms with Crippen molar-refractivity contribution in [1.29, 1.82) is 0 Å². The average molecular weight is 474 g/mol. The summed E-state index contributed by atoms with van der Waals surface area (Å²) in [5, 5.41) is 10.2. The summed E-state index contributed by atoms with van der Waals surface area (Å²) in [5.74, 6) is 2.93. The molecule has 2 aromatic carbocycles. The smallest absolute Gasteiger partial charge is 0.115 e. The zero-order valence-electron chi connectivity index (χ0n) is 21.9. The Hall–Kier alpha value is -1.84. The molecule has 3 heteroatoms. The third-order valence-electron chi connectivity index (χ3n) is 10.6.